The van der Waals surface area contributed by atoms with Crippen LogP contribution in [0.3, 0.4) is 0 Å². The summed E-state index contributed by atoms with van der Waals surface area (Å²) in [6.45, 7) is 2.61. The SMILES string of the molecule is CC1CC(O)C(COC2CCC(c3ccccc3)CC2)N1c1nnnn1C. The predicted molar refractivity (Wildman–Crippen MR) is 103 cm³/mol. The molecule has 146 valence electrons. The second-order valence-electron chi connectivity index (χ2n) is 7.95. The Bertz CT molecular complexity index is 729. The fraction of sp³-hybridized carbons (Fsp3) is 0.650. The van der Waals surface area contributed by atoms with Gasteiger partial charge in [-0.15, -0.1) is 0 Å². The van der Waals surface area contributed by atoms with Gasteiger partial charge in [-0.1, -0.05) is 35.4 Å². The van der Waals surface area contributed by atoms with Crippen molar-refractivity contribution in [2.75, 3.05) is 11.5 Å². The van der Waals surface area contributed by atoms with Gasteiger partial charge in [-0.25, -0.2) is 4.68 Å². The van der Waals surface area contributed by atoms with Crippen LogP contribution in [0.25, 0.3) is 0 Å². The number of aliphatic hydroxyl groups is 1. The van der Waals surface area contributed by atoms with Crippen molar-refractivity contribution in [2.45, 2.75) is 69.2 Å². The first-order valence-electron chi connectivity index (χ1n) is 9.98. The third kappa shape index (κ3) is 3.84. The number of aromatic nitrogens is 4. The molecule has 0 amide bonds. The van der Waals surface area contributed by atoms with E-state index in [0.717, 1.165) is 25.7 Å². The molecule has 7 heteroatoms. The average Bonchev–Trinajstić information content (AvgIpc) is 3.22. The largest absolute Gasteiger partial charge is 0.391 e. The Morgan fingerprint density at radius 1 is 1.15 bits per heavy atom. The maximum absolute atomic E-state index is 10.5. The first-order chi connectivity index (χ1) is 13.1. The smallest absolute Gasteiger partial charge is 0.245 e. The van der Waals surface area contributed by atoms with E-state index in [4.69, 9.17) is 4.74 Å². The molecule has 1 saturated heterocycles. The van der Waals surface area contributed by atoms with Gasteiger partial charge in [-0.3, -0.25) is 0 Å². The summed E-state index contributed by atoms with van der Waals surface area (Å²) in [5, 5.41) is 22.4. The molecule has 2 heterocycles. The Morgan fingerprint density at radius 3 is 2.56 bits per heavy atom. The predicted octanol–water partition coefficient (Wildman–Crippen LogP) is 2.28. The monoisotopic (exact) mass is 371 g/mol. The molecule has 1 aliphatic heterocycles. The van der Waals surface area contributed by atoms with Crippen LogP contribution in [0.15, 0.2) is 30.3 Å². The van der Waals surface area contributed by atoms with Crippen molar-refractivity contribution in [3.63, 3.8) is 0 Å². The molecule has 1 aromatic heterocycles. The van der Waals surface area contributed by atoms with Crippen LogP contribution >= 0.6 is 0 Å². The number of rotatable bonds is 5. The van der Waals surface area contributed by atoms with E-state index in [0.29, 0.717) is 24.9 Å². The summed E-state index contributed by atoms with van der Waals surface area (Å²) in [4.78, 5) is 2.11. The summed E-state index contributed by atoms with van der Waals surface area (Å²) in [5.41, 5.74) is 1.44. The van der Waals surface area contributed by atoms with Crippen molar-refractivity contribution in [2.24, 2.45) is 7.05 Å². The van der Waals surface area contributed by atoms with Crippen molar-refractivity contribution in [1.29, 1.82) is 0 Å². The minimum Gasteiger partial charge on any atom is -0.391 e. The summed E-state index contributed by atoms with van der Waals surface area (Å²) in [6, 6.07) is 10.9. The number of aryl methyl sites for hydroxylation is 1. The number of ether oxygens (including phenoxy) is 1. The number of benzene rings is 1. The summed E-state index contributed by atoms with van der Waals surface area (Å²) >= 11 is 0. The topological polar surface area (TPSA) is 76.3 Å². The lowest BCUT2D eigenvalue weighted by molar-refractivity contribution is 0.00112. The Balaban J connectivity index is 1.34. The minimum absolute atomic E-state index is 0.100. The zero-order chi connectivity index (χ0) is 18.8. The summed E-state index contributed by atoms with van der Waals surface area (Å²) in [5.74, 6) is 1.34. The van der Waals surface area contributed by atoms with Crippen molar-refractivity contribution >= 4 is 5.95 Å². The van der Waals surface area contributed by atoms with Crippen LogP contribution in [0.1, 0.15) is 50.5 Å². The first-order valence-corrected chi connectivity index (χ1v) is 9.98. The third-order valence-corrected chi connectivity index (χ3v) is 6.14. The lowest BCUT2D eigenvalue weighted by Crippen LogP contribution is -2.44. The third-order valence-electron chi connectivity index (χ3n) is 6.14. The zero-order valence-corrected chi connectivity index (χ0v) is 16.1. The highest BCUT2D eigenvalue weighted by atomic mass is 16.5. The number of hydrogen-bond acceptors (Lipinski definition) is 6. The van der Waals surface area contributed by atoms with Gasteiger partial charge in [-0.05, 0) is 60.9 Å². The highest BCUT2D eigenvalue weighted by molar-refractivity contribution is 5.35. The van der Waals surface area contributed by atoms with Crippen LogP contribution in [0.2, 0.25) is 0 Å². The van der Waals surface area contributed by atoms with E-state index in [-0.39, 0.29) is 18.2 Å². The van der Waals surface area contributed by atoms with E-state index in [1.54, 1.807) is 4.68 Å². The van der Waals surface area contributed by atoms with Crippen LogP contribution in [-0.2, 0) is 11.8 Å². The number of nitrogens with zero attached hydrogens (tertiary/aromatic N) is 5. The molecule has 4 rings (SSSR count). The van der Waals surface area contributed by atoms with Gasteiger partial charge in [0.25, 0.3) is 0 Å². The minimum atomic E-state index is -0.419. The van der Waals surface area contributed by atoms with Crippen molar-refractivity contribution in [1.82, 2.24) is 20.2 Å². The van der Waals surface area contributed by atoms with Crippen LogP contribution < -0.4 is 4.90 Å². The average molecular weight is 371 g/mol. The molecule has 3 unspecified atom stereocenters. The number of tetrazole rings is 1. The quantitative estimate of drug-likeness (QED) is 0.869. The molecule has 2 aromatic rings. The molecule has 0 spiro atoms. The molecule has 1 N–H and O–H groups in total. The molecular formula is C20H29N5O2. The molecule has 3 atom stereocenters. The van der Waals surface area contributed by atoms with E-state index in [1.807, 2.05) is 7.05 Å². The van der Waals surface area contributed by atoms with Gasteiger partial charge in [0.2, 0.25) is 5.95 Å². The summed E-state index contributed by atoms with van der Waals surface area (Å²) in [6.07, 6.45) is 5.03. The van der Waals surface area contributed by atoms with E-state index in [1.165, 1.54) is 5.56 Å². The van der Waals surface area contributed by atoms with Gasteiger partial charge in [0.1, 0.15) is 0 Å². The lowest BCUT2D eigenvalue weighted by Gasteiger charge is -2.33. The molecule has 1 saturated carbocycles. The van der Waals surface area contributed by atoms with Crippen LogP contribution in [0.5, 0.6) is 0 Å². The summed E-state index contributed by atoms with van der Waals surface area (Å²) < 4.78 is 7.92. The fourth-order valence-electron chi connectivity index (χ4n) is 4.64. The van der Waals surface area contributed by atoms with Gasteiger partial charge in [0.15, 0.2) is 0 Å². The summed E-state index contributed by atoms with van der Waals surface area (Å²) in [7, 11) is 1.83. The van der Waals surface area contributed by atoms with Crippen LogP contribution in [0.4, 0.5) is 5.95 Å². The highest BCUT2D eigenvalue weighted by Gasteiger charge is 2.41. The molecule has 1 aromatic carbocycles. The van der Waals surface area contributed by atoms with Crippen molar-refractivity contribution < 1.29 is 9.84 Å². The Kier molecular flexibility index (Phi) is 5.41. The molecule has 0 radical (unpaired) electrons. The Hall–Kier alpha value is -1.99. The van der Waals surface area contributed by atoms with Crippen molar-refractivity contribution in [3.8, 4) is 0 Å². The molecule has 7 nitrogen and oxygen atoms in total. The van der Waals surface area contributed by atoms with Gasteiger partial charge < -0.3 is 14.7 Å². The fourth-order valence-corrected chi connectivity index (χ4v) is 4.64. The van der Waals surface area contributed by atoms with Crippen molar-refractivity contribution in [3.05, 3.63) is 35.9 Å². The molecule has 2 aliphatic rings. The van der Waals surface area contributed by atoms with E-state index < -0.39 is 6.10 Å². The zero-order valence-electron chi connectivity index (χ0n) is 16.1. The number of anilines is 1. The van der Waals surface area contributed by atoms with Crippen LogP contribution in [-0.4, -0.2) is 56.2 Å². The van der Waals surface area contributed by atoms with Crippen LogP contribution in [0, 0.1) is 0 Å². The molecular weight excluding hydrogens is 342 g/mol. The number of hydrogen-bond donors (Lipinski definition) is 1. The van der Waals surface area contributed by atoms with E-state index >= 15 is 0 Å². The Labute approximate surface area is 160 Å². The molecule has 0 bridgehead atoms. The van der Waals surface area contributed by atoms with Gasteiger partial charge >= 0.3 is 0 Å². The normalized spacial score (nSPS) is 31.4. The van der Waals surface area contributed by atoms with E-state index in [9.17, 15) is 5.11 Å². The second-order valence-corrected chi connectivity index (χ2v) is 7.95. The Morgan fingerprint density at radius 2 is 1.89 bits per heavy atom. The maximum atomic E-state index is 10.5. The maximum Gasteiger partial charge on any atom is 0.245 e. The first kappa shape index (κ1) is 18.4. The standard InChI is InChI=1S/C20H29N5O2/c1-14-12-19(26)18(25(14)20-21-22-23-24(20)2)13-27-17-10-8-16(9-11-17)15-6-4-3-5-7-15/h3-7,14,16-19,26H,8-13H2,1-2H3. The molecule has 27 heavy (non-hydrogen) atoms. The van der Waals surface area contributed by atoms with Gasteiger partial charge in [0.05, 0.1) is 24.9 Å². The van der Waals surface area contributed by atoms with Gasteiger partial charge in [0, 0.05) is 13.1 Å². The number of aliphatic hydroxyl groups excluding tert-OH is 1. The lowest BCUT2D eigenvalue weighted by atomic mass is 9.83. The molecule has 2 fully saturated rings. The van der Waals surface area contributed by atoms with Gasteiger partial charge in [-0.2, -0.15) is 0 Å². The molecule has 1 aliphatic carbocycles. The van der Waals surface area contributed by atoms with E-state index in [2.05, 4.69) is 57.7 Å². The highest BCUT2D eigenvalue weighted by Crippen LogP contribution is 2.35. The second kappa shape index (κ2) is 7.94.